The van der Waals surface area contributed by atoms with Gasteiger partial charge in [-0.3, -0.25) is 4.79 Å². The molecule has 10 heteroatoms. The molecule has 2 rings (SSSR count). The van der Waals surface area contributed by atoms with Gasteiger partial charge in [0.05, 0.1) is 21.0 Å². The Hall–Kier alpha value is -2.10. The number of nitrogens with zero attached hydrogens (tertiary/aromatic N) is 1. The van der Waals surface area contributed by atoms with Crippen LogP contribution in [-0.2, 0) is 22.7 Å². The van der Waals surface area contributed by atoms with Crippen molar-refractivity contribution in [2.24, 2.45) is 0 Å². The Bertz CT molecular complexity index is 960. The molecule has 0 aliphatic heterocycles. The van der Waals surface area contributed by atoms with Crippen LogP contribution in [0, 0.1) is 0 Å². The number of carbonyl (C=O) groups is 1. The van der Waals surface area contributed by atoms with Crippen molar-refractivity contribution < 1.29 is 26.4 Å². The molecule has 1 amide bonds. The van der Waals surface area contributed by atoms with Gasteiger partial charge in [0.1, 0.15) is 0 Å². The molecule has 0 aliphatic rings. The van der Waals surface area contributed by atoms with E-state index in [4.69, 9.17) is 11.6 Å². The summed E-state index contributed by atoms with van der Waals surface area (Å²) in [5.74, 6) is -0.701. The highest BCUT2D eigenvalue weighted by Crippen LogP contribution is 2.29. The van der Waals surface area contributed by atoms with Crippen molar-refractivity contribution in [1.29, 1.82) is 0 Å². The average molecular weight is 421 g/mol. The molecule has 27 heavy (non-hydrogen) atoms. The lowest BCUT2D eigenvalue weighted by molar-refractivity contribution is -0.137. The molecule has 0 unspecified atom stereocenters. The fourth-order valence-corrected chi connectivity index (χ4v) is 3.32. The second-order valence-electron chi connectivity index (χ2n) is 5.81. The molecule has 2 aromatic rings. The van der Waals surface area contributed by atoms with E-state index < -0.39 is 27.7 Å². The van der Waals surface area contributed by atoms with Crippen LogP contribution in [0.15, 0.2) is 47.4 Å². The minimum atomic E-state index is -4.49. The van der Waals surface area contributed by atoms with Gasteiger partial charge in [0.15, 0.2) is 0 Å². The first-order chi connectivity index (χ1) is 12.4. The number of halogens is 4. The second kappa shape index (κ2) is 7.87. The Morgan fingerprint density at radius 3 is 2.41 bits per heavy atom. The number of carbonyl (C=O) groups excluding carboxylic acids is 1. The average Bonchev–Trinajstić information content (AvgIpc) is 2.59. The molecule has 0 fully saturated rings. The van der Waals surface area contributed by atoms with Crippen molar-refractivity contribution in [3.8, 4) is 0 Å². The Morgan fingerprint density at radius 1 is 1.15 bits per heavy atom. The third kappa shape index (κ3) is 5.00. The maximum Gasteiger partial charge on any atom is 0.416 e. The molecule has 5 nitrogen and oxygen atoms in total. The Balaban J connectivity index is 2.22. The SMILES string of the molecule is CN(C)S(=O)(=O)c1ccc(Cl)c(C(=O)NCc2cccc(C(F)(F)F)c2)c1. The van der Waals surface area contributed by atoms with Gasteiger partial charge in [0, 0.05) is 20.6 Å². The number of nitrogens with one attached hydrogen (secondary N) is 1. The van der Waals surface area contributed by atoms with Gasteiger partial charge in [-0.15, -0.1) is 0 Å². The quantitative estimate of drug-likeness (QED) is 0.804. The van der Waals surface area contributed by atoms with Gasteiger partial charge >= 0.3 is 6.18 Å². The molecule has 1 N–H and O–H groups in total. The topological polar surface area (TPSA) is 66.5 Å². The third-order valence-electron chi connectivity index (χ3n) is 3.67. The van der Waals surface area contributed by atoms with Crippen LogP contribution in [0.2, 0.25) is 5.02 Å². The van der Waals surface area contributed by atoms with E-state index in [1.165, 1.54) is 38.4 Å². The van der Waals surface area contributed by atoms with Crippen molar-refractivity contribution in [1.82, 2.24) is 9.62 Å². The molecule has 2 aromatic carbocycles. The molecular weight excluding hydrogens is 405 g/mol. The first-order valence-electron chi connectivity index (χ1n) is 7.59. The summed E-state index contributed by atoms with van der Waals surface area (Å²) in [7, 11) is -1.08. The molecule has 0 radical (unpaired) electrons. The summed E-state index contributed by atoms with van der Waals surface area (Å²) in [5, 5.41) is 2.47. The van der Waals surface area contributed by atoms with Crippen LogP contribution < -0.4 is 5.32 Å². The fourth-order valence-electron chi connectivity index (χ4n) is 2.18. The van der Waals surface area contributed by atoms with E-state index in [1.807, 2.05) is 0 Å². The van der Waals surface area contributed by atoms with Gasteiger partial charge in [0.25, 0.3) is 5.91 Å². The first-order valence-corrected chi connectivity index (χ1v) is 9.41. The van der Waals surface area contributed by atoms with Gasteiger partial charge in [-0.1, -0.05) is 23.7 Å². The summed E-state index contributed by atoms with van der Waals surface area (Å²) in [5.41, 5.74) is -0.677. The van der Waals surface area contributed by atoms with Crippen LogP contribution in [-0.4, -0.2) is 32.7 Å². The normalized spacial score (nSPS) is 12.3. The number of hydrogen-bond acceptors (Lipinski definition) is 3. The molecule has 0 aliphatic carbocycles. The maximum atomic E-state index is 12.7. The van der Waals surface area contributed by atoms with E-state index in [0.29, 0.717) is 0 Å². The van der Waals surface area contributed by atoms with E-state index in [9.17, 15) is 26.4 Å². The highest BCUT2D eigenvalue weighted by Gasteiger charge is 2.30. The molecule has 0 saturated carbocycles. The van der Waals surface area contributed by atoms with Gasteiger partial charge in [-0.25, -0.2) is 12.7 Å². The Morgan fingerprint density at radius 2 is 1.81 bits per heavy atom. The number of amides is 1. The van der Waals surface area contributed by atoms with E-state index in [2.05, 4.69) is 5.32 Å². The number of sulfonamides is 1. The monoisotopic (exact) mass is 420 g/mol. The van der Waals surface area contributed by atoms with Gasteiger partial charge in [0.2, 0.25) is 10.0 Å². The maximum absolute atomic E-state index is 12.7. The minimum Gasteiger partial charge on any atom is -0.348 e. The van der Waals surface area contributed by atoms with Gasteiger partial charge < -0.3 is 5.32 Å². The van der Waals surface area contributed by atoms with Crippen molar-refractivity contribution in [3.05, 3.63) is 64.2 Å². The second-order valence-corrected chi connectivity index (χ2v) is 8.37. The molecule has 0 bridgehead atoms. The van der Waals surface area contributed by atoms with Crippen LogP contribution >= 0.6 is 11.6 Å². The van der Waals surface area contributed by atoms with Crippen LogP contribution in [0.4, 0.5) is 13.2 Å². The minimum absolute atomic E-state index is 0.0225. The third-order valence-corrected chi connectivity index (χ3v) is 5.81. The van der Waals surface area contributed by atoms with Crippen molar-refractivity contribution in [2.45, 2.75) is 17.6 Å². The molecule has 0 spiro atoms. The molecule has 146 valence electrons. The van der Waals surface area contributed by atoms with E-state index in [-0.39, 0.29) is 27.6 Å². The largest absolute Gasteiger partial charge is 0.416 e. The summed E-state index contributed by atoms with van der Waals surface area (Å²) >= 11 is 5.97. The van der Waals surface area contributed by atoms with Crippen LogP contribution in [0.1, 0.15) is 21.5 Å². The van der Waals surface area contributed by atoms with Crippen molar-refractivity contribution in [3.63, 3.8) is 0 Å². The zero-order chi connectivity index (χ0) is 20.4. The predicted octanol–water partition coefficient (Wildman–Crippen LogP) is 3.54. The van der Waals surface area contributed by atoms with Crippen LogP contribution in [0.3, 0.4) is 0 Å². The molecule has 0 atom stereocenters. The zero-order valence-corrected chi connectivity index (χ0v) is 15.9. The molecule has 0 aromatic heterocycles. The van der Waals surface area contributed by atoms with Crippen LogP contribution in [0.5, 0.6) is 0 Å². The van der Waals surface area contributed by atoms with Crippen molar-refractivity contribution in [2.75, 3.05) is 14.1 Å². The number of alkyl halides is 3. The summed E-state index contributed by atoms with van der Waals surface area (Å²) in [6.07, 6.45) is -4.49. The molecular formula is C17H16ClF3N2O3S. The summed E-state index contributed by atoms with van der Waals surface area (Å²) in [6.45, 7) is -0.177. The Labute approximate surface area is 159 Å². The number of hydrogen-bond donors (Lipinski definition) is 1. The highest BCUT2D eigenvalue weighted by molar-refractivity contribution is 7.89. The van der Waals surface area contributed by atoms with Crippen LogP contribution in [0.25, 0.3) is 0 Å². The van der Waals surface area contributed by atoms with E-state index in [0.717, 1.165) is 22.5 Å². The van der Waals surface area contributed by atoms with E-state index in [1.54, 1.807) is 0 Å². The summed E-state index contributed by atoms with van der Waals surface area (Å²) in [4.78, 5) is 12.2. The van der Waals surface area contributed by atoms with E-state index >= 15 is 0 Å². The fraction of sp³-hybridized carbons (Fsp3) is 0.235. The first kappa shape index (κ1) is 21.2. The molecule has 0 saturated heterocycles. The zero-order valence-electron chi connectivity index (χ0n) is 14.3. The lowest BCUT2D eigenvalue weighted by atomic mass is 10.1. The number of benzene rings is 2. The summed E-state index contributed by atoms with van der Waals surface area (Å²) < 4.78 is 63.6. The standard InChI is InChI=1S/C17H16ClF3N2O3S/c1-23(2)27(25,26)13-6-7-15(18)14(9-13)16(24)22-10-11-4-3-5-12(8-11)17(19,20)21/h3-9H,10H2,1-2H3,(H,22,24). The number of rotatable bonds is 5. The summed E-state index contributed by atoms with van der Waals surface area (Å²) in [6, 6.07) is 8.19. The lowest BCUT2D eigenvalue weighted by Crippen LogP contribution is -2.25. The smallest absolute Gasteiger partial charge is 0.348 e. The van der Waals surface area contributed by atoms with Crippen molar-refractivity contribution >= 4 is 27.5 Å². The molecule has 0 heterocycles. The van der Waals surface area contributed by atoms with Gasteiger partial charge in [-0.2, -0.15) is 13.2 Å². The Kier molecular flexibility index (Phi) is 6.18. The highest BCUT2D eigenvalue weighted by atomic mass is 35.5. The predicted molar refractivity (Wildman–Crippen MR) is 94.9 cm³/mol. The lowest BCUT2D eigenvalue weighted by Gasteiger charge is -2.13. The van der Waals surface area contributed by atoms with Gasteiger partial charge in [-0.05, 0) is 35.9 Å².